The lowest BCUT2D eigenvalue weighted by Crippen LogP contribution is -2.13. The van der Waals surface area contributed by atoms with Crippen LogP contribution in [-0.2, 0) is 10.0 Å². The molecule has 0 radical (unpaired) electrons. The standard InChI is InChI=1S/C13H10BrN5O2S/c14-10-7-4-8-11(12(10)13-15-18-19-16-13)17-22(20,21)9-5-2-1-3-6-9/h1-8,17H,(H,15,16,18,19). The van der Waals surface area contributed by atoms with Crippen LogP contribution in [0.5, 0.6) is 0 Å². The molecule has 1 aromatic heterocycles. The van der Waals surface area contributed by atoms with Crippen molar-refractivity contribution in [3.63, 3.8) is 0 Å². The normalized spacial score (nSPS) is 11.3. The average Bonchev–Trinajstić information content (AvgIpc) is 3.02. The largest absolute Gasteiger partial charge is 0.279 e. The minimum atomic E-state index is -3.70. The van der Waals surface area contributed by atoms with Crippen LogP contribution in [0.15, 0.2) is 57.9 Å². The number of hydrogen-bond acceptors (Lipinski definition) is 5. The fraction of sp³-hybridized carbons (Fsp3) is 0. The van der Waals surface area contributed by atoms with Gasteiger partial charge in [-0.2, -0.15) is 5.21 Å². The summed E-state index contributed by atoms with van der Waals surface area (Å²) in [7, 11) is -3.70. The molecule has 0 unspecified atom stereocenters. The van der Waals surface area contributed by atoms with Gasteiger partial charge in [0.1, 0.15) is 0 Å². The molecule has 0 atom stereocenters. The van der Waals surface area contributed by atoms with Crippen LogP contribution in [-0.4, -0.2) is 29.0 Å². The topological polar surface area (TPSA) is 101 Å². The van der Waals surface area contributed by atoms with Crippen molar-refractivity contribution in [2.24, 2.45) is 0 Å². The number of anilines is 1. The second kappa shape index (κ2) is 5.85. The summed E-state index contributed by atoms with van der Waals surface area (Å²) in [5.74, 6) is 0.290. The first-order valence-corrected chi connectivity index (χ1v) is 8.46. The first-order chi connectivity index (χ1) is 10.6. The first-order valence-electron chi connectivity index (χ1n) is 6.18. The smallest absolute Gasteiger partial charge is 0.261 e. The van der Waals surface area contributed by atoms with Gasteiger partial charge in [0.25, 0.3) is 10.0 Å². The zero-order valence-corrected chi connectivity index (χ0v) is 13.5. The van der Waals surface area contributed by atoms with E-state index in [1.54, 1.807) is 36.4 Å². The molecule has 2 N–H and O–H groups in total. The van der Waals surface area contributed by atoms with Gasteiger partial charge in [-0.3, -0.25) is 4.72 Å². The number of aromatic nitrogens is 4. The summed E-state index contributed by atoms with van der Waals surface area (Å²) < 4.78 is 28.1. The minimum absolute atomic E-state index is 0.175. The molecule has 3 aromatic rings. The second-order valence-corrected chi connectivity index (χ2v) is 6.85. The van der Waals surface area contributed by atoms with Gasteiger partial charge >= 0.3 is 0 Å². The van der Waals surface area contributed by atoms with Gasteiger partial charge in [0, 0.05) is 4.47 Å². The number of nitrogens with zero attached hydrogens (tertiary/aromatic N) is 3. The van der Waals surface area contributed by atoms with Gasteiger partial charge in [-0.15, -0.1) is 10.2 Å². The van der Waals surface area contributed by atoms with E-state index in [9.17, 15) is 8.42 Å². The zero-order chi connectivity index (χ0) is 15.6. The highest BCUT2D eigenvalue weighted by molar-refractivity contribution is 9.10. The Balaban J connectivity index is 2.06. The summed E-state index contributed by atoms with van der Waals surface area (Å²) in [6.45, 7) is 0. The summed E-state index contributed by atoms with van der Waals surface area (Å²) in [6, 6.07) is 13.2. The third-order valence-corrected chi connectivity index (χ3v) is 4.92. The molecule has 22 heavy (non-hydrogen) atoms. The van der Waals surface area contributed by atoms with Crippen molar-refractivity contribution >= 4 is 31.6 Å². The lowest BCUT2D eigenvalue weighted by Gasteiger charge is -2.12. The fourth-order valence-electron chi connectivity index (χ4n) is 1.91. The number of benzene rings is 2. The lowest BCUT2D eigenvalue weighted by atomic mass is 10.2. The SMILES string of the molecule is O=S(=O)(Nc1cccc(Br)c1-c1nn[nH]n1)c1ccccc1. The summed E-state index contributed by atoms with van der Waals surface area (Å²) in [5, 5.41) is 13.6. The number of hydrogen-bond donors (Lipinski definition) is 2. The van der Waals surface area contributed by atoms with Gasteiger partial charge in [0.2, 0.25) is 5.82 Å². The highest BCUT2D eigenvalue weighted by atomic mass is 79.9. The molecule has 0 fully saturated rings. The van der Waals surface area contributed by atoms with Crippen LogP contribution < -0.4 is 4.72 Å². The summed E-state index contributed by atoms with van der Waals surface area (Å²) in [6.07, 6.45) is 0. The number of tetrazole rings is 1. The van der Waals surface area contributed by atoms with Gasteiger partial charge in [0.05, 0.1) is 16.1 Å². The second-order valence-electron chi connectivity index (χ2n) is 4.32. The average molecular weight is 380 g/mol. The molecule has 0 amide bonds. The summed E-state index contributed by atoms with van der Waals surface area (Å²) in [4.78, 5) is 0.175. The van der Waals surface area contributed by atoms with E-state index >= 15 is 0 Å². The zero-order valence-electron chi connectivity index (χ0n) is 11.1. The third kappa shape index (κ3) is 2.85. The Hall–Kier alpha value is -2.26. The molecular weight excluding hydrogens is 370 g/mol. The fourth-order valence-corrected chi connectivity index (χ4v) is 3.54. The molecule has 7 nitrogen and oxygen atoms in total. The maximum absolute atomic E-state index is 12.4. The van der Waals surface area contributed by atoms with E-state index in [0.29, 0.717) is 21.5 Å². The molecule has 0 aliphatic heterocycles. The monoisotopic (exact) mass is 379 g/mol. The predicted octanol–water partition coefficient (Wildman–Crippen LogP) is 2.43. The maximum atomic E-state index is 12.4. The Kier molecular flexibility index (Phi) is 3.90. The highest BCUT2D eigenvalue weighted by Crippen LogP contribution is 2.33. The van der Waals surface area contributed by atoms with Crippen LogP contribution in [0.3, 0.4) is 0 Å². The van der Waals surface area contributed by atoms with Crippen LogP contribution >= 0.6 is 15.9 Å². The molecule has 9 heteroatoms. The van der Waals surface area contributed by atoms with Crippen molar-refractivity contribution in [2.75, 3.05) is 4.72 Å². The maximum Gasteiger partial charge on any atom is 0.261 e. The number of nitrogens with one attached hydrogen (secondary N) is 2. The molecule has 0 saturated carbocycles. The molecule has 0 aliphatic rings. The molecule has 112 valence electrons. The third-order valence-electron chi connectivity index (χ3n) is 2.88. The van der Waals surface area contributed by atoms with Crippen LogP contribution in [0.4, 0.5) is 5.69 Å². The van der Waals surface area contributed by atoms with E-state index in [1.807, 2.05) is 0 Å². The Morgan fingerprint density at radius 1 is 1.05 bits per heavy atom. The molecule has 0 bridgehead atoms. The van der Waals surface area contributed by atoms with Crippen molar-refractivity contribution in [3.8, 4) is 11.4 Å². The van der Waals surface area contributed by atoms with E-state index in [1.165, 1.54) is 12.1 Å². The van der Waals surface area contributed by atoms with Gasteiger partial charge < -0.3 is 0 Å². The summed E-state index contributed by atoms with van der Waals surface area (Å²) >= 11 is 3.38. The lowest BCUT2D eigenvalue weighted by molar-refractivity contribution is 0.601. The van der Waals surface area contributed by atoms with Crippen molar-refractivity contribution in [3.05, 3.63) is 53.0 Å². The number of rotatable bonds is 4. The van der Waals surface area contributed by atoms with Gasteiger partial charge in [0.15, 0.2) is 0 Å². The number of halogens is 1. The van der Waals surface area contributed by atoms with E-state index in [4.69, 9.17) is 0 Å². The van der Waals surface area contributed by atoms with E-state index < -0.39 is 10.0 Å². The molecule has 0 spiro atoms. The van der Waals surface area contributed by atoms with Gasteiger partial charge in [-0.05, 0) is 45.4 Å². The Morgan fingerprint density at radius 3 is 2.50 bits per heavy atom. The molecule has 0 saturated heterocycles. The van der Waals surface area contributed by atoms with E-state index in [-0.39, 0.29) is 4.90 Å². The summed E-state index contributed by atoms with van der Waals surface area (Å²) in [5.41, 5.74) is 0.871. The number of aromatic amines is 1. The van der Waals surface area contributed by atoms with Crippen molar-refractivity contribution in [1.82, 2.24) is 20.6 Å². The molecular formula is C13H10BrN5O2S. The van der Waals surface area contributed by atoms with Crippen LogP contribution in [0.2, 0.25) is 0 Å². The Labute approximate surface area is 134 Å². The predicted molar refractivity (Wildman–Crippen MR) is 84.6 cm³/mol. The van der Waals surface area contributed by atoms with Gasteiger partial charge in [-0.1, -0.05) is 24.3 Å². The van der Waals surface area contributed by atoms with Crippen LogP contribution in [0, 0.1) is 0 Å². The molecule has 3 rings (SSSR count). The highest BCUT2D eigenvalue weighted by Gasteiger charge is 2.19. The molecule has 1 heterocycles. The Morgan fingerprint density at radius 2 is 1.82 bits per heavy atom. The first kappa shape index (κ1) is 14.7. The minimum Gasteiger partial charge on any atom is -0.279 e. The van der Waals surface area contributed by atoms with E-state index in [0.717, 1.165) is 0 Å². The van der Waals surface area contributed by atoms with E-state index in [2.05, 4.69) is 41.3 Å². The van der Waals surface area contributed by atoms with Crippen molar-refractivity contribution in [2.45, 2.75) is 4.90 Å². The quantitative estimate of drug-likeness (QED) is 0.724. The Bertz CT molecular complexity index is 882. The van der Waals surface area contributed by atoms with Crippen molar-refractivity contribution in [1.29, 1.82) is 0 Å². The van der Waals surface area contributed by atoms with Crippen molar-refractivity contribution < 1.29 is 8.42 Å². The number of H-pyrrole nitrogens is 1. The van der Waals surface area contributed by atoms with Crippen LogP contribution in [0.1, 0.15) is 0 Å². The molecule has 2 aromatic carbocycles. The van der Waals surface area contributed by atoms with Gasteiger partial charge in [-0.25, -0.2) is 8.42 Å². The molecule has 0 aliphatic carbocycles. The number of sulfonamides is 1. The van der Waals surface area contributed by atoms with Crippen LogP contribution in [0.25, 0.3) is 11.4 Å².